The van der Waals surface area contributed by atoms with Crippen LogP contribution in [0, 0.1) is 0 Å². The number of hydrogen-bond acceptors (Lipinski definition) is 5. The second-order valence-corrected chi connectivity index (χ2v) is 8.81. The van der Waals surface area contributed by atoms with Gasteiger partial charge in [0, 0.05) is 17.6 Å². The van der Waals surface area contributed by atoms with E-state index in [0.717, 1.165) is 5.56 Å². The van der Waals surface area contributed by atoms with Gasteiger partial charge in [0.25, 0.3) is 5.56 Å². The molecule has 1 amide bonds. The number of amides is 1. The molecular formula is C28H25ClN4O5. The second kappa shape index (κ2) is 12.1. The Bertz CT molecular complexity index is 1570. The quantitative estimate of drug-likeness (QED) is 0.283. The maximum absolute atomic E-state index is 13.2. The van der Waals surface area contributed by atoms with Crippen molar-refractivity contribution in [3.8, 4) is 11.5 Å². The summed E-state index contributed by atoms with van der Waals surface area (Å²) in [5, 5.41) is 12.2. The molecule has 0 unspecified atom stereocenters. The lowest BCUT2D eigenvalue weighted by Gasteiger charge is -2.11. The molecule has 9 nitrogen and oxygen atoms in total. The predicted octanol–water partition coefficient (Wildman–Crippen LogP) is 4.88. The van der Waals surface area contributed by atoms with Crippen LogP contribution in [-0.2, 0) is 22.6 Å². The van der Waals surface area contributed by atoms with Crippen molar-refractivity contribution in [1.82, 2.24) is 9.55 Å². The number of nitrogens with one attached hydrogen (secondary N) is 2. The molecule has 0 bridgehead atoms. The first kappa shape index (κ1) is 26.4. The zero-order chi connectivity index (χ0) is 27.1. The van der Waals surface area contributed by atoms with E-state index >= 15 is 0 Å². The fourth-order valence-corrected chi connectivity index (χ4v) is 3.72. The number of hydrogen-bond donors (Lipinski definition) is 3. The first-order valence-corrected chi connectivity index (χ1v) is 12.2. The Balaban J connectivity index is 1.64. The number of anilines is 1. The first-order valence-electron chi connectivity index (χ1n) is 11.8. The van der Waals surface area contributed by atoms with Crippen molar-refractivity contribution in [3.63, 3.8) is 0 Å². The Morgan fingerprint density at radius 1 is 1.03 bits per heavy atom. The molecular weight excluding hydrogens is 508 g/mol. The van der Waals surface area contributed by atoms with Gasteiger partial charge in [-0.15, -0.1) is 0 Å². The van der Waals surface area contributed by atoms with Gasteiger partial charge in [-0.3, -0.25) is 19.0 Å². The summed E-state index contributed by atoms with van der Waals surface area (Å²) in [6, 6.07) is 20.9. The van der Waals surface area contributed by atoms with Crippen molar-refractivity contribution in [2.24, 2.45) is 4.99 Å². The van der Waals surface area contributed by atoms with Crippen molar-refractivity contribution in [1.29, 1.82) is 0 Å². The van der Waals surface area contributed by atoms with Crippen molar-refractivity contribution < 1.29 is 19.4 Å². The van der Waals surface area contributed by atoms with E-state index in [1.54, 1.807) is 67.6 Å². The summed E-state index contributed by atoms with van der Waals surface area (Å²) in [7, 11) is 0. The van der Waals surface area contributed by atoms with Gasteiger partial charge in [-0.25, -0.2) is 4.99 Å². The van der Waals surface area contributed by atoms with Crippen LogP contribution in [0.1, 0.15) is 24.5 Å². The molecule has 0 aliphatic rings. The number of carbonyl (C=O) groups is 2. The lowest BCUT2D eigenvalue weighted by atomic mass is 10.1. The van der Waals surface area contributed by atoms with Crippen molar-refractivity contribution in [2.75, 3.05) is 5.32 Å². The smallest absolute Gasteiger partial charge is 0.307 e. The number of aliphatic carboxylic acids is 1. The monoisotopic (exact) mass is 532 g/mol. The van der Waals surface area contributed by atoms with E-state index in [0.29, 0.717) is 27.8 Å². The topological polar surface area (TPSA) is 126 Å². The van der Waals surface area contributed by atoms with Crippen molar-refractivity contribution >= 4 is 34.9 Å². The van der Waals surface area contributed by atoms with E-state index in [-0.39, 0.29) is 36.6 Å². The largest absolute Gasteiger partial charge is 0.481 e. The number of aromatic amines is 1. The van der Waals surface area contributed by atoms with Crippen molar-refractivity contribution in [2.45, 2.75) is 26.3 Å². The number of aromatic nitrogens is 2. The molecule has 4 aromatic rings. The summed E-state index contributed by atoms with van der Waals surface area (Å²) >= 11 is 6.00. The maximum atomic E-state index is 13.2. The summed E-state index contributed by atoms with van der Waals surface area (Å²) in [5.41, 5.74) is 2.03. The Labute approximate surface area is 223 Å². The number of nitrogens with zero attached hydrogens (tertiary/aromatic N) is 2. The van der Waals surface area contributed by atoms with E-state index in [2.05, 4.69) is 15.3 Å². The summed E-state index contributed by atoms with van der Waals surface area (Å²) < 4.78 is 7.29. The third-order valence-electron chi connectivity index (χ3n) is 5.49. The fraction of sp³-hybridized carbons (Fsp3) is 0.143. The minimum absolute atomic E-state index is 0.0931. The summed E-state index contributed by atoms with van der Waals surface area (Å²) in [5.74, 6) is -0.137. The summed E-state index contributed by atoms with van der Waals surface area (Å²) in [6.07, 6.45) is 1.57. The predicted molar refractivity (Wildman–Crippen MR) is 144 cm³/mol. The van der Waals surface area contributed by atoms with Crippen LogP contribution in [0.25, 0.3) is 0 Å². The number of carboxylic acids is 1. The van der Waals surface area contributed by atoms with Crippen LogP contribution in [0.4, 0.5) is 11.4 Å². The molecule has 1 aromatic heterocycles. The van der Waals surface area contributed by atoms with E-state index in [9.17, 15) is 14.4 Å². The maximum Gasteiger partial charge on any atom is 0.307 e. The molecule has 1 heterocycles. The van der Waals surface area contributed by atoms with E-state index in [1.807, 2.05) is 12.1 Å². The van der Waals surface area contributed by atoms with Gasteiger partial charge in [0.15, 0.2) is 0 Å². The van der Waals surface area contributed by atoms with Crippen LogP contribution >= 0.6 is 11.6 Å². The second-order valence-electron chi connectivity index (χ2n) is 8.37. The lowest BCUT2D eigenvalue weighted by Crippen LogP contribution is -2.37. The Hall–Kier alpha value is -4.63. The van der Waals surface area contributed by atoms with Crippen LogP contribution in [0.3, 0.4) is 0 Å². The molecule has 0 saturated heterocycles. The van der Waals surface area contributed by atoms with E-state index in [4.69, 9.17) is 21.4 Å². The first-order chi connectivity index (χ1) is 18.3. The van der Waals surface area contributed by atoms with Gasteiger partial charge in [0.1, 0.15) is 17.2 Å². The minimum atomic E-state index is -0.916. The Morgan fingerprint density at radius 2 is 1.76 bits per heavy atom. The molecule has 38 heavy (non-hydrogen) atoms. The molecule has 0 fully saturated rings. The molecule has 0 aliphatic heterocycles. The van der Waals surface area contributed by atoms with Crippen LogP contribution in [0.2, 0.25) is 5.02 Å². The van der Waals surface area contributed by atoms with E-state index < -0.39 is 11.5 Å². The average Bonchev–Trinajstić information content (AvgIpc) is 2.89. The number of rotatable bonds is 9. The number of benzene rings is 3. The molecule has 3 N–H and O–H groups in total. The molecule has 0 spiro atoms. The SMILES string of the molecule is CCC(=O)Nc1c[nH]/c(=N\c2ccc(Oc3cccc(CC(=O)O)c3)cc2)n(Cc2ccc(Cl)cc2)c1=O. The number of ether oxygens (including phenoxy) is 1. The van der Waals surface area contributed by atoms with Gasteiger partial charge in [-0.05, 0) is 59.7 Å². The van der Waals surface area contributed by atoms with Crippen molar-refractivity contribution in [3.05, 3.63) is 111 Å². The number of H-pyrrole nitrogens is 1. The van der Waals surface area contributed by atoms with Gasteiger partial charge in [0.2, 0.25) is 11.5 Å². The highest BCUT2D eigenvalue weighted by atomic mass is 35.5. The third kappa shape index (κ3) is 6.98. The highest BCUT2D eigenvalue weighted by Gasteiger charge is 2.10. The van der Waals surface area contributed by atoms with Gasteiger partial charge < -0.3 is 20.1 Å². The molecule has 0 saturated carbocycles. The molecule has 4 rings (SSSR count). The van der Waals surface area contributed by atoms with Crippen LogP contribution in [0.5, 0.6) is 11.5 Å². The van der Waals surface area contributed by atoms with Crippen LogP contribution in [-0.4, -0.2) is 26.5 Å². The Morgan fingerprint density at radius 3 is 2.45 bits per heavy atom. The third-order valence-corrected chi connectivity index (χ3v) is 5.74. The van der Waals surface area contributed by atoms with Gasteiger partial charge >= 0.3 is 5.97 Å². The average molecular weight is 533 g/mol. The molecule has 0 radical (unpaired) electrons. The minimum Gasteiger partial charge on any atom is -0.481 e. The summed E-state index contributed by atoms with van der Waals surface area (Å²) in [6.45, 7) is 1.91. The van der Waals surface area contributed by atoms with Gasteiger partial charge in [-0.2, -0.15) is 0 Å². The van der Waals surface area contributed by atoms with Crippen LogP contribution in [0.15, 0.2) is 88.8 Å². The fourth-order valence-electron chi connectivity index (χ4n) is 3.60. The molecule has 0 aliphatic carbocycles. The normalized spacial score (nSPS) is 11.3. The van der Waals surface area contributed by atoms with E-state index in [1.165, 1.54) is 10.8 Å². The number of halogens is 1. The molecule has 3 aromatic carbocycles. The van der Waals surface area contributed by atoms with Gasteiger partial charge in [-0.1, -0.05) is 42.8 Å². The Kier molecular flexibility index (Phi) is 8.40. The zero-order valence-corrected chi connectivity index (χ0v) is 21.2. The highest BCUT2D eigenvalue weighted by molar-refractivity contribution is 6.30. The molecule has 194 valence electrons. The standard InChI is InChI=1S/C28H25ClN4O5/c1-2-25(34)32-24-16-30-28(33(27(24)37)17-18-6-8-20(29)9-7-18)31-21-10-12-22(13-11-21)38-23-5-3-4-19(14-23)15-26(35)36/h3-14,16H,2,15,17H2,1H3,(H,30,31)(H,32,34)(H,35,36). The number of carbonyl (C=O) groups excluding carboxylic acids is 1. The van der Waals surface area contributed by atoms with Gasteiger partial charge in [0.05, 0.1) is 18.7 Å². The van der Waals surface area contributed by atoms with Crippen LogP contribution < -0.4 is 21.2 Å². The zero-order valence-electron chi connectivity index (χ0n) is 20.5. The highest BCUT2D eigenvalue weighted by Crippen LogP contribution is 2.24. The molecule has 10 heteroatoms. The number of carboxylic acid groups (broad SMARTS) is 1. The lowest BCUT2D eigenvalue weighted by molar-refractivity contribution is -0.136. The summed E-state index contributed by atoms with van der Waals surface area (Å²) in [4.78, 5) is 43.7. The molecule has 0 atom stereocenters.